The first kappa shape index (κ1) is 12.3. The van der Waals surface area contributed by atoms with Crippen LogP contribution in [0.3, 0.4) is 0 Å². The molecule has 1 unspecified atom stereocenters. The highest BCUT2D eigenvalue weighted by atomic mass is 16.5. The van der Waals surface area contributed by atoms with Crippen LogP contribution in [0.15, 0.2) is 18.2 Å². The highest BCUT2D eigenvalue weighted by molar-refractivity contribution is 6.21. The molecule has 100 valence electrons. The summed E-state index contributed by atoms with van der Waals surface area (Å²) < 4.78 is 5.35. The highest BCUT2D eigenvalue weighted by Crippen LogP contribution is 2.28. The smallest absolute Gasteiger partial charge is 0.261 e. The van der Waals surface area contributed by atoms with Gasteiger partial charge in [0.05, 0.1) is 23.3 Å². The summed E-state index contributed by atoms with van der Waals surface area (Å²) in [7, 11) is 1.60. The minimum Gasteiger partial charge on any atom is -0.378 e. The Hall–Kier alpha value is -1.72. The molecule has 5 nitrogen and oxygen atoms in total. The number of ether oxygens (including phenoxy) is 1. The summed E-state index contributed by atoms with van der Waals surface area (Å²) in [5.41, 5.74) is 1.98. The molecule has 1 N–H and O–H groups in total. The van der Waals surface area contributed by atoms with Crippen LogP contribution in [0.5, 0.6) is 0 Å². The van der Waals surface area contributed by atoms with Crippen LogP contribution < -0.4 is 5.32 Å². The minimum absolute atomic E-state index is 0.136. The molecule has 2 heterocycles. The van der Waals surface area contributed by atoms with Crippen LogP contribution in [0.4, 0.5) is 0 Å². The fraction of sp³-hybridized carbons (Fsp3) is 0.429. The zero-order valence-electron chi connectivity index (χ0n) is 11.0. The van der Waals surface area contributed by atoms with E-state index in [1.165, 1.54) is 4.90 Å². The summed E-state index contributed by atoms with van der Waals surface area (Å²) >= 11 is 0. The summed E-state index contributed by atoms with van der Waals surface area (Å²) in [6.07, 6.45) is -0.136. The van der Waals surface area contributed by atoms with Gasteiger partial charge in [0.2, 0.25) is 0 Å². The van der Waals surface area contributed by atoms with Gasteiger partial charge in [-0.15, -0.1) is 0 Å². The SMILES string of the molecule is CO[C@H]1CNCC1N1C(=O)c2ccc(C)cc2C1=O. The van der Waals surface area contributed by atoms with Gasteiger partial charge in [-0.1, -0.05) is 11.6 Å². The molecule has 1 fully saturated rings. The maximum Gasteiger partial charge on any atom is 0.261 e. The Kier molecular flexibility index (Phi) is 2.88. The Morgan fingerprint density at radius 1 is 1.21 bits per heavy atom. The number of methoxy groups -OCH3 is 1. The molecule has 19 heavy (non-hydrogen) atoms. The Morgan fingerprint density at radius 2 is 1.95 bits per heavy atom. The number of amides is 2. The maximum atomic E-state index is 12.4. The van der Waals surface area contributed by atoms with Crippen molar-refractivity contribution in [2.24, 2.45) is 0 Å². The number of carbonyl (C=O) groups excluding carboxylic acids is 2. The van der Waals surface area contributed by atoms with Crippen molar-refractivity contribution in [3.8, 4) is 0 Å². The molecule has 1 saturated heterocycles. The Balaban J connectivity index is 1.98. The molecule has 0 bridgehead atoms. The number of hydrogen-bond acceptors (Lipinski definition) is 4. The number of fused-ring (bicyclic) bond motifs is 1. The lowest BCUT2D eigenvalue weighted by molar-refractivity contribution is 0.0334. The molecule has 0 radical (unpaired) electrons. The first-order chi connectivity index (χ1) is 9.13. The fourth-order valence-electron chi connectivity index (χ4n) is 2.81. The zero-order valence-corrected chi connectivity index (χ0v) is 11.0. The lowest BCUT2D eigenvalue weighted by atomic mass is 10.1. The Bertz CT molecular complexity index is 556. The van der Waals surface area contributed by atoms with E-state index in [0.29, 0.717) is 24.2 Å². The van der Waals surface area contributed by atoms with Gasteiger partial charge < -0.3 is 10.1 Å². The van der Waals surface area contributed by atoms with E-state index in [4.69, 9.17) is 4.74 Å². The minimum atomic E-state index is -0.224. The van der Waals surface area contributed by atoms with Gasteiger partial charge in [-0.05, 0) is 19.1 Å². The molecule has 0 saturated carbocycles. The molecule has 2 amide bonds. The van der Waals surface area contributed by atoms with Gasteiger partial charge in [-0.3, -0.25) is 14.5 Å². The van der Waals surface area contributed by atoms with Crippen molar-refractivity contribution in [1.82, 2.24) is 10.2 Å². The summed E-state index contributed by atoms with van der Waals surface area (Å²) in [6, 6.07) is 5.14. The molecule has 1 aromatic carbocycles. The zero-order chi connectivity index (χ0) is 13.6. The normalized spacial score (nSPS) is 26.1. The van der Waals surface area contributed by atoms with E-state index in [0.717, 1.165) is 5.56 Å². The van der Waals surface area contributed by atoms with Gasteiger partial charge in [0.25, 0.3) is 11.8 Å². The molecule has 2 atom stereocenters. The predicted molar refractivity (Wildman–Crippen MR) is 69.1 cm³/mol. The quantitative estimate of drug-likeness (QED) is 0.790. The number of nitrogens with zero attached hydrogens (tertiary/aromatic N) is 1. The van der Waals surface area contributed by atoms with Crippen molar-refractivity contribution in [2.45, 2.75) is 19.1 Å². The van der Waals surface area contributed by atoms with Crippen molar-refractivity contribution in [1.29, 1.82) is 0 Å². The highest BCUT2D eigenvalue weighted by Gasteiger charge is 2.44. The molecule has 5 heteroatoms. The molecule has 1 aromatic rings. The second-order valence-electron chi connectivity index (χ2n) is 5.03. The number of hydrogen-bond donors (Lipinski definition) is 1. The number of benzene rings is 1. The first-order valence-corrected chi connectivity index (χ1v) is 6.35. The molecule has 3 rings (SSSR count). The van der Waals surface area contributed by atoms with Gasteiger partial charge in [0.15, 0.2) is 0 Å². The Labute approximate surface area is 111 Å². The van der Waals surface area contributed by atoms with E-state index in [1.54, 1.807) is 19.2 Å². The Morgan fingerprint density at radius 3 is 2.68 bits per heavy atom. The topological polar surface area (TPSA) is 58.6 Å². The summed E-state index contributed by atoms with van der Waals surface area (Å²) in [6.45, 7) is 3.16. The average molecular weight is 260 g/mol. The molecule has 0 aliphatic carbocycles. The predicted octanol–water partition coefficient (Wildman–Crippen LogP) is 0.578. The number of rotatable bonds is 2. The van der Waals surface area contributed by atoms with Crippen molar-refractivity contribution < 1.29 is 14.3 Å². The van der Waals surface area contributed by atoms with Gasteiger partial charge in [-0.2, -0.15) is 0 Å². The standard InChI is InChI=1S/C14H16N2O3/c1-8-3-4-9-10(5-8)14(18)16(13(9)17)11-6-15-7-12(11)19-2/h3-5,11-12,15H,6-7H2,1-2H3/t11?,12-/m0/s1. The molecular formula is C14H16N2O3. The third kappa shape index (κ3) is 1.77. The lowest BCUT2D eigenvalue weighted by Gasteiger charge is -2.25. The number of carbonyl (C=O) groups is 2. The largest absolute Gasteiger partial charge is 0.378 e. The molecule has 2 aliphatic heterocycles. The van der Waals surface area contributed by atoms with Gasteiger partial charge >= 0.3 is 0 Å². The van der Waals surface area contributed by atoms with E-state index in [2.05, 4.69) is 5.32 Å². The number of imide groups is 1. The summed E-state index contributed by atoms with van der Waals surface area (Å²) in [5, 5.41) is 3.16. The summed E-state index contributed by atoms with van der Waals surface area (Å²) in [5.74, 6) is -0.421. The maximum absolute atomic E-state index is 12.4. The van der Waals surface area contributed by atoms with Crippen molar-refractivity contribution >= 4 is 11.8 Å². The van der Waals surface area contributed by atoms with Crippen molar-refractivity contribution in [3.05, 3.63) is 34.9 Å². The second kappa shape index (κ2) is 4.43. The number of aryl methyl sites for hydroxylation is 1. The van der Waals surface area contributed by atoms with Crippen LogP contribution in [-0.4, -0.2) is 49.1 Å². The fourth-order valence-corrected chi connectivity index (χ4v) is 2.81. The summed E-state index contributed by atoms with van der Waals surface area (Å²) in [4.78, 5) is 26.2. The van der Waals surface area contributed by atoms with Crippen LogP contribution in [0.25, 0.3) is 0 Å². The van der Waals surface area contributed by atoms with E-state index < -0.39 is 0 Å². The van der Waals surface area contributed by atoms with E-state index in [9.17, 15) is 9.59 Å². The van der Waals surface area contributed by atoms with Crippen LogP contribution >= 0.6 is 0 Å². The van der Waals surface area contributed by atoms with Gasteiger partial charge in [0.1, 0.15) is 0 Å². The lowest BCUT2D eigenvalue weighted by Crippen LogP contribution is -2.47. The van der Waals surface area contributed by atoms with E-state index >= 15 is 0 Å². The van der Waals surface area contributed by atoms with Crippen LogP contribution in [-0.2, 0) is 4.74 Å². The van der Waals surface area contributed by atoms with Crippen molar-refractivity contribution in [3.63, 3.8) is 0 Å². The number of nitrogens with one attached hydrogen (secondary N) is 1. The average Bonchev–Trinajstić information content (AvgIpc) is 2.94. The molecular weight excluding hydrogens is 244 g/mol. The third-order valence-electron chi connectivity index (χ3n) is 3.84. The van der Waals surface area contributed by atoms with Crippen LogP contribution in [0.1, 0.15) is 26.3 Å². The third-order valence-corrected chi connectivity index (χ3v) is 3.84. The van der Waals surface area contributed by atoms with Gasteiger partial charge in [-0.25, -0.2) is 0 Å². The van der Waals surface area contributed by atoms with Crippen LogP contribution in [0.2, 0.25) is 0 Å². The van der Waals surface area contributed by atoms with E-state index in [1.807, 2.05) is 13.0 Å². The van der Waals surface area contributed by atoms with Crippen molar-refractivity contribution in [2.75, 3.05) is 20.2 Å². The second-order valence-corrected chi connectivity index (χ2v) is 5.03. The molecule has 0 spiro atoms. The van der Waals surface area contributed by atoms with E-state index in [-0.39, 0.29) is 24.0 Å². The van der Waals surface area contributed by atoms with Crippen LogP contribution in [0, 0.1) is 6.92 Å². The van der Waals surface area contributed by atoms with Gasteiger partial charge in [0, 0.05) is 20.2 Å². The monoisotopic (exact) mass is 260 g/mol. The molecule has 2 aliphatic rings. The first-order valence-electron chi connectivity index (χ1n) is 6.35. The molecule has 0 aromatic heterocycles.